The normalized spacial score (nSPS) is 9.15. The number of halogens is 1. The van der Waals surface area contributed by atoms with Crippen LogP contribution in [0.25, 0.3) is 0 Å². The molecular formula is C9H15ClO2Zn-. The van der Waals surface area contributed by atoms with Gasteiger partial charge in [0.1, 0.15) is 6.61 Å². The first-order valence-corrected chi connectivity index (χ1v) is 3.62. The number of hydrogen-bond donors (Lipinski definition) is 0. The Balaban J connectivity index is -0.000000500. The second-order valence-corrected chi connectivity index (χ2v) is 3.35. The van der Waals surface area contributed by atoms with E-state index < -0.39 is 5.41 Å². The third-order valence-corrected chi connectivity index (χ3v) is 1.07. The zero-order valence-corrected chi connectivity index (χ0v) is 12.2. The van der Waals surface area contributed by atoms with Gasteiger partial charge >= 0.3 is 5.97 Å². The maximum Gasteiger partial charge on any atom is 0.311 e. The average Bonchev–Trinajstić information content (AvgIpc) is 1.86. The molecule has 4 heteroatoms. The zero-order chi connectivity index (χ0) is 8.91. The molecule has 0 aromatic carbocycles. The molecule has 0 aliphatic carbocycles. The molecule has 0 atom stereocenters. The Labute approximate surface area is 99.3 Å². The molecule has 0 N–H and O–H groups in total. The summed E-state index contributed by atoms with van der Waals surface area (Å²) in [6.45, 7) is 10.4. The molecule has 0 saturated heterocycles. The van der Waals surface area contributed by atoms with E-state index in [2.05, 4.69) is 6.58 Å². The summed E-state index contributed by atoms with van der Waals surface area (Å²) in [5, 5.41) is 0. The van der Waals surface area contributed by atoms with E-state index in [-0.39, 0.29) is 37.9 Å². The Kier molecular flexibility index (Phi) is 12.6. The summed E-state index contributed by atoms with van der Waals surface area (Å²) in [7, 11) is 0. The van der Waals surface area contributed by atoms with Crippen LogP contribution in [0.15, 0.2) is 12.7 Å². The molecule has 0 unspecified atom stereocenters. The van der Waals surface area contributed by atoms with Gasteiger partial charge in [0.15, 0.2) is 0 Å². The van der Waals surface area contributed by atoms with Crippen molar-refractivity contribution in [2.75, 3.05) is 0 Å². The molecule has 2 nitrogen and oxygen atoms in total. The largest absolute Gasteiger partial charge is 1.00 e. The van der Waals surface area contributed by atoms with E-state index in [9.17, 15) is 4.79 Å². The summed E-state index contributed by atoms with van der Waals surface area (Å²) in [6, 6.07) is 0. The summed E-state index contributed by atoms with van der Waals surface area (Å²) in [5.74, 6) is -0.209. The van der Waals surface area contributed by atoms with Gasteiger partial charge in [0.05, 0.1) is 5.41 Å². The van der Waals surface area contributed by atoms with E-state index in [0.29, 0.717) is 6.42 Å². The quantitative estimate of drug-likeness (QED) is 0.289. The average molecular weight is 256 g/mol. The van der Waals surface area contributed by atoms with E-state index in [1.807, 2.05) is 20.8 Å². The number of hydrogen-bond acceptors (Lipinski definition) is 2. The van der Waals surface area contributed by atoms with Crippen molar-refractivity contribution < 1.29 is 41.4 Å². The summed E-state index contributed by atoms with van der Waals surface area (Å²) < 4.78 is 4.81. The van der Waals surface area contributed by atoms with Crippen LogP contribution >= 0.6 is 0 Å². The molecule has 0 aliphatic heterocycles. The summed E-state index contributed by atoms with van der Waals surface area (Å²) >= 11 is 0. The van der Waals surface area contributed by atoms with Gasteiger partial charge in [-0.25, -0.2) is 0 Å². The number of esters is 1. The monoisotopic (exact) mass is 254 g/mol. The van der Waals surface area contributed by atoms with Crippen molar-refractivity contribution in [3.05, 3.63) is 19.3 Å². The Morgan fingerprint density at radius 2 is 1.92 bits per heavy atom. The fourth-order valence-electron chi connectivity index (χ4n) is 0.369. The van der Waals surface area contributed by atoms with Crippen molar-refractivity contribution in [3.63, 3.8) is 0 Å². The Hall–Kier alpha value is 0.123. The topological polar surface area (TPSA) is 26.3 Å². The molecule has 0 fully saturated rings. The van der Waals surface area contributed by atoms with E-state index in [0.717, 1.165) is 0 Å². The maximum atomic E-state index is 11.1. The minimum absolute atomic E-state index is 0. The van der Waals surface area contributed by atoms with Gasteiger partial charge in [0.25, 0.3) is 0 Å². The molecule has 1 radical (unpaired) electrons. The van der Waals surface area contributed by atoms with Crippen LogP contribution in [0.1, 0.15) is 27.2 Å². The summed E-state index contributed by atoms with van der Waals surface area (Å²) in [5.41, 5.74) is -0.419. The molecule has 0 rings (SSSR count). The maximum absolute atomic E-state index is 11.1. The second kappa shape index (κ2) is 8.71. The number of rotatable bonds is 3. The minimum atomic E-state index is -0.419. The molecule has 0 aromatic heterocycles. The molecule has 0 bridgehead atoms. The van der Waals surface area contributed by atoms with Crippen molar-refractivity contribution in [2.24, 2.45) is 5.41 Å². The number of carbonyl (C=O) groups is 1. The minimum Gasteiger partial charge on any atom is -1.00 e. The molecule has 0 spiro atoms. The van der Waals surface area contributed by atoms with Gasteiger partial charge in [-0.2, -0.15) is 0 Å². The van der Waals surface area contributed by atoms with Gasteiger partial charge in [-0.15, -0.1) is 6.58 Å². The van der Waals surface area contributed by atoms with Crippen LogP contribution in [-0.4, -0.2) is 5.97 Å². The molecule has 0 heterocycles. The van der Waals surface area contributed by atoms with Gasteiger partial charge < -0.3 is 17.1 Å². The van der Waals surface area contributed by atoms with Crippen molar-refractivity contribution in [3.8, 4) is 0 Å². The predicted octanol–water partition coefficient (Wildman–Crippen LogP) is -0.685. The Morgan fingerprint density at radius 1 is 1.46 bits per heavy atom. The summed E-state index contributed by atoms with van der Waals surface area (Å²) in [6.07, 6.45) is 2.28. The van der Waals surface area contributed by atoms with E-state index >= 15 is 0 Å². The van der Waals surface area contributed by atoms with E-state index in [1.54, 1.807) is 6.08 Å². The molecular weight excluding hydrogens is 241 g/mol. The van der Waals surface area contributed by atoms with Gasteiger partial charge in [-0.3, -0.25) is 4.79 Å². The first kappa shape index (κ1) is 18.8. The van der Waals surface area contributed by atoms with Crippen molar-refractivity contribution >= 4 is 5.97 Å². The van der Waals surface area contributed by atoms with Crippen LogP contribution in [0.4, 0.5) is 0 Å². The molecule has 0 saturated carbocycles. The van der Waals surface area contributed by atoms with Crippen LogP contribution in [0.2, 0.25) is 0 Å². The van der Waals surface area contributed by atoms with E-state index in [1.165, 1.54) is 6.61 Å². The fourth-order valence-corrected chi connectivity index (χ4v) is 0.369. The fraction of sp³-hybridized carbons (Fsp3) is 0.556. The first-order chi connectivity index (χ1) is 4.98. The second-order valence-electron chi connectivity index (χ2n) is 3.35. The van der Waals surface area contributed by atoms with Crippen LogP contribution < -0.4 is 12.4 Å². The van der Waals surface area contributed by atoms with Crippen LogP contribution in [0.3, 0.4) is 0 Å². The molecule has 73 valence electrons. The third kappa shape index (κ3) is 10.0. The van der Waals surface area contributed by atoms with E-state index in [4.69, 9.17) is 4.74 Å². The van der Waals surface area contributed by atoms with Crippen molar-refractivity contribution in [2.45, 2.75) is 27.2 Å². The molecule has 0 aliphatic rings. The third-order valence-electron chi connectivity index (χ3n) is 1.07. The number of ether oxygens (including phenoxy) is 1. The smallest absolute Gasteiger partial charge is 0.311 e. The first-order valence-electron chi connectivity index (χ1n) is 3.62. The summed E-state index contributed by atoms with van der Waals surface area (Å²) in [4.78, 5) is 11.1. The van der Waals surface area contributed by atoms with Crippen molar-refractivity contribution in [1.82, 2.24) is 0 Å². The van der Waals surface area contributed by atoms with Crippen molar-refractivity contribution in [1.29, 1.82) is 0 Å². The zero-order valence-electron chi connectivity index (χ0n) is 8.47. The van der Waals surface area contributed by atoms with Crippen LogP contribution in [0, 0.1) is 12.0 Å². The molecule has 0 aromatic rings. The Morgan fingerprint density at radius 3 is 2.23 bits per heavy atom. The predicted molar refractivity (Wildman–Crippen MR) is 44.7 cm³/mol. The van der Waals surface area contributed by atoms with Gasteiger partial charge in [0.2, 0.25) is 0 Å². The van der Waals surface area contributed by atoms with Crippen LogP contribution in [0.5, 0.6) is 0 Å². The van der Waals surface area contributed by atoms with Gasteiger partial charge in [-0.1, -0.05) is 6.08 Å². The molecule has 13 heavy (non-hydrogen) atoms. The Bertz CT molecular complexity index is 152. The SMILES string of the molecule is C=CC[CH]OC(=O)C(C)(C)C.[Cl-].[Zn]. The van der Waals surface area contributed by atoms with Crippen LogP contribution in [-0.2, 0) is 29.0 Å². The van der Waals surface area contributed by atoms with Gasteiger partial charge in [-0.05, 0) is 20.8 Å². The molecule has 0 amide bonds. The van der Waals surface area contributed by atoms with Gasteiger partial charge in [0, 0.05) is 25.9 Å². The number of carbonyl (C=O) groups excluding carboxylic acids is 1. The standard InChI is InChI=1S/C9H15O2.ClH.Zn/c1-5-6-7-11-8(10)9(2,3)4;;/h5,7H,1,6H2,2-4H3;1H;/p-1.